The van der Waals surface area contributed by atoms with Gasteiger partial charge in [0.2, 0.25) is 0 Å². The Balaban J connectivity index is 2.91. The van der Waals surface area contributed by atoms with E-state index in [4.69, 9.17) is 5.73 Å². The van der Waals surface area contributed by atoms with E-state index in [2.05, 4.69) is 19.2 Å². The fraction of sp³-hybridized carbons (Fsp3) is 0.643. The minimum absolute atomic E-state index is 0.0678. The third kappa shape index (κ3) is 4.86. The van der Waals surface area contributed by atoms with Crippen molar-refractivity contribution < 1.29 is 9.72 Å². The molecule has 3 N–H and O–H groups in total. The topological polar surface area (TPSA) is 103 Å². The number of aryl methyl sites for hydroxylation is 1. The number of hydrogen-bond acceptors (Lipinski definition) is 4. The Morgan fingerprint density at radius 2 is 2.19 bits per heavy atom. The summed E-state index contributed by atoms with van der Waals surface area (Å²) in [6.45, 7) is 6.97. The van der Waals surface area contributed by atoms with Crippen molar-refractivity contribution in [2.75, 3.05) is 6.54 Å². The number of carbonyl (C=O) groups is 1. The number of aromatic nitrogens is 1. The lowest BCUT2D eigenvalue weighted by Crippen LogP contribution is -2.41. The van der Waals surface area contributed by atoms with E-state index in [1.165, 1.54) is 12.3 Å². The molecule has 1 aromatic rings. The molecule has 1 amide bonds. The van der Waals surface area contributed by atoms with Gasteiger partial charge in [-0.3, -0.25) is 14.9 Å². The summed E-state index contributed by atoms with van der Waals surface area (Å²) in [7, 11) is 0. The van der Waals surface area contributed by atoms with Crippen LogP contribution < -0.4 is 11.1 Å². The lowest BCUT2D eigenvalue weighted by atomic mass is 10.0. The SMILES string of the molecule is CCCn1cc([N+](=O)[O-])cc1C(=O)NC(CN)CC(C)C. The summed E-state index contributed by atoms with van der Waals surface area (Å²) in [4.78, 5) is 22.7. The van der Waals surface area contributed by atoms with E-state index in [0.29, 0.717) is 24.7 Å². The van der Waals surface area contributed by atoms with E-state index < -0.39 is 4.92 Å². The summed E-state index contributed by atoms with van der Waals surface area (Å²) in [5, 5.41) is 13.7. The molecule has 0 aromatic carbocycles. The van der Waals surface area contributed by atoms with Crippen LogP contribution >= 0.6 is 0 Å². The van der Waals surface area contributed by atoms with Gasteiger partial charge in [-0.25, -0.2) is 0 Å². The normalized spacial score (nSPS) is 12.4. The van der Waals surface area contributed by atoms with E-state index in [9.17, 15) is 14.9 Å². The largest absolute Gasteiger partial charge is 0.347 e. The van der Waals surface area contributed by atoms with Gasteiger partial charge in [-0.05, 0) is 18.8 Å². The lowest BCUT2D eigenvalue weighted by molar-refractivity contribution is -0.384. The highest BCUT2D eigenvalue weighted by Gasteiger charge is 2.21. The van der Waals surface area contributed by atoms with Crippen molar-refractivity contribution in [1.82, 2.24) is 9.88 Å². The van der Waals surface area contributed by atoms with Gasteiger partial charge in [0.15, 0.2) is 0 Å². The first kappa shape index (κ1) is 17.2. The first-order chi connectivity index (χ1) is 9.88. The van der Waals surface area contributed by atoms with E-state index >= 15 is 0 Å². The maximum atomic E-state index is 12.3. The summed E-state index contributed by atoms with van der Waals surface area (Å²) in [5.74, 6) is 0.100. The lowest BCUT2D eigenvalue weighted by Gasteiger charge is -2.19. The van der Waals surface area contributed by atoms with Gasteiger partial charge in [0, 0.05) is 25.2 Å². The molecule has 0 aliphatic rings. The standard InChI is InChI=1S/C14H24N4O3/c1-4-5-17-9-12(18(20)21)7-13(17)14(19)16-11(8-15)6-10(2)3/h7,9-11H,4-6,8,15H2,1-3H3,(H,16,19). The van der Waals surface area contributed by atoms with E-state index in [0.717, 1.165) is 12.8 Å². The number of hydrogen-bond donors (Lipinski definition) is 2. The van der Waals surface area contributed by atoms with Crippen LogP contribution in [0.3, 0.4) is 0 Å². The van der Waals surface area contributed by atoms with Crippen molar-refractivity contribution in [2.45, 2.75) is 46.2 Å². The number of amides is 1. The maximum Gasteiger partial charge on any atom is 0.287 e. The molecule has 1 heterocycles. The fourth-order valence-corrected chi connectivity index (χ4v) is 2.25. The molecule has 0 aliphatic carbocycles. The molecule has 1 atom stereocenters. The molecule has 1 rings (SSSR count). The van der Waals surface area contributed by atoms with Crippen LogP contribution in [0.5, 0.6) is 0 Å². The smallest absolute Gasteiger partial charge is 0.287 e. The van der Waals surface area contributed by atoms with Crippen molar-refractivity contribution in [1.29, 1.82) is 0 Å². The molecule has 1 aromatic heterocycles. The Bertz CT molecular complexity index is 496. The second kappa shape index (κ2) is 7.78. The Morgan fingerprint density at radius 3 is 2.67 bits per heavy atom. The first-order valence-corrected chi connectivity index (χ1v) is 7.24. The molecule has 0 saturated carbocycles. The minimum atomic E-state index is -0.489. The third-order valence-electron chi connectivity index (χ3n) is 3.17. The van der Waals surface area contributed by atoms with Gasteiger partial charge in [0.05, 0.1) is 11.1 Å². The van der Waals surface area contributed by atoms with Gasteiger partial charge in [0.1, 0.15) is 5.69 Å². The highest BCUT2D eigenvalue weighted by atomic mass is 16.6. The molecule has 0 fully saturated rings. The van der Waals surface area contributed by atoms with E-state index in [1.807, 2.05) is 6.92 Å². The zero-order valence-electron chi connectivity index (χ0n) is 12.8. The second-order valence-corrected chi connectivity index (χ2v) is 5.57. The Labute approximate surface area is 124 Å². The van der Waals surface area contributed by atoms with E-state index in [-0.39, 0.29) is 17.6 Å². The van der Waals surface area contributed by atoms with Crippen molar-refractivity contribution in [3.8, 4) is 0 Å². The van der Waals surface area contributed by atoms with Gasteiger partial charge in [0.25, 0.3) is 11.6 Å². The van der Waals surface area contributed by atoms with Crippen LogP contribution in [-0.4, -0.2) is 28.0 Å². The summed E-state index contributed by atoms with van der Waals surface area (Å²) < 4.78 is 1.62. The Kier molecular flexibility index (Phi) is 6.36. The monoisotopic (exact) mass is 296 g/mol. The van der Waals surface area contributed by atoms with E-state index in [1.54, 1.807) is 4.57 Å². The average molecular weight is 296 g/mol. The highest BCUT2D eigenvalue weighted by molar-refractivity contribution is 5.93. The molecule has 0 radical (unpaired) electrons. The predicted molar refractivity (Wildman–Crippen MR) is 81.1 cm³/mol. The van der Waals surface area contributed by atoms with Crippen LogP contribution in [0.15, 0.2) is 12.3 Å². The number of rotatable bonds is 8. The average Bonchev–Trinajstić information content (AvgIpc) is 2.82. The molecule has 1 unspecified atom stereocenters. The van der Waals surface area contributed by atoms with Gasteiger partial charge in [-0.15, -0.1) is 0 Å². The van der Waals surface area contributed by atoms with Crippen LogP contribution in [0.4, 0.5) is 5.69 Å². The first-order valence-electron chi connectivity index (χ1n) is 7.24. The van der Waals surface area contributed by atoms with Gasteiger partial charge < -0.3 is 15.6 Å². The summed E-state index contributed by atoms with van der Waals surface area (Å²) >= 11 is 0. The molecule has 7 nitrogen and oxygen atoms in total. The fourth-order valence-electron chi connectivity index (χ4n) is 2.25. The Morgan fingerprint density at radius 1 is 1.52 bits per heavy atom. The molecule has 0 saturated heterocycles. The van der Waals surface area contributed by atoms with Gasteiger partial charge in [-0.2, -0.15) is 0 Å². The van der Waals surface area contributed by atoms with Crippen LogP contribution in [-0.2, 0) is 6.54 Å². The third-order valence-corrected chi connectivity index (χ3v) is 3.17. The summed E-state index contributed by atoms with van der Waals surface area (Å²) in [6, 6.07) is 1.19. The zero-order chi connectivity index (χ0) is 16.0. The zero-order valence-corrected chi connectivity index (χ0v) is 12.8. The van der Waals surface area contributed by atoms with Crippen molar-refractivity contribution >= 4 is 11.6 Å². The molecule has 118 valence electrons. The minimum Gasteiger partial charge on any atom is -0.347 e. The highest BCUT2D eigenvalue weighted by Crippen LogP contribution is 2.17. The van der Waals surface area contributed by atoms with Crippen molar-refractivity contribution in [2.24, 2.45) is 11.7 Å². The summed E-state index contributed by atoms with van der Waals surface area (Å²) in [6.07, 6.45) is 2.97. The number of nitrogens with one attached hydrogen (secondary N) is 1. The summed E-state index contributed by atoms with van der Waals surface area (Å²) in [5.41, 5.74) is 5.91. The van der Waals surface area contributed by atoms with Crippen molar-refractivity contribution in [3.63, 3.8) is 0 Å². The van der Waals surface area contributed by atoms with Gasteiger partial charge >= 0.3 is 0 Å². The maximum absolute atomic E-state index is 12.3. The number of nitrogens with two attached hydrogens (primary N) is 1. The molecule has 0 aliphatic heterocycles. The van der Waals surface area contributed by atoms with Crippen LogP contribution in [0.25, 0.3) is 0 Å². The quantitative estimate of drug-likeness (QED) is 0.565. The second-order valence-electron chi connectivity index (χ2n) is 5.57. The van der Waals surface area contributed by atoms with Crippen LogP contribution in [0.2, 0.25) is 0 Å². The molecule has 0 spiro atoms. The molecule has 7 heteroatoms. The molecular weight excluding hydrogens is 272 g/mol. The van der Waals surface area contributed by atoms with Crippen molar-refractivity contribution in [3.05, 3.63) is 28.1 Å². The molecule has 0 bridgehead atoms. The Hall–Kier alpha value is -1.89. The molecule has 21 heavy (non-hydrogen) atoms. The molecular formula is C14H24N4O3. The number of nitrogens with zero attached hydrogens (tertiary/aromatic N) is 2. The number of nitro groups is 1. The predicted octanol–water partition coefficient (Wildman–Crippen LogP) is 1.91. The van der Waals surface area contributed by atoms with Crippen LogP contribution in [0.1, 0.15) is 44.1 Å². The van der Waals surface area contributed by atoms with Gasteiger partial charge in [-0.1, -0.05) is 20.8 Å². The number of carbonyl (C=O) groups excluding carboxylic acids is 1. The van der Waals surface area contributed by atoms with Crippen LogP contribution in [0, 0.1) is 16.0 Å².